The molecule has 0 heterocycles. The molecule has 1 N–H and O–H groups in total. The third-order valence-corrected chi connectivity index (χ3v) is 4.07. The van der Waals surface area contributed by atoms with Gasteiger partial charge in [0.1, 0.15) is 11.5 Å². The van der Waals surface area contributed by atoms with Crippen LogP contribution < -0.4 is 10.1 Å². The number of hydrogen-bond acceptors (Lipinski definition) is 2. The van der Waals surface area contributed by atoms with Crippen LogP contribution in [0.25, 0.3) is 0 Å². The molecule has 0 saturated heterocycles. The molecule has 0 radical (unpaired) electrons. The summed E-state index contributed by atoms with van der Waals surface area (Å²) in [6, 6.07) is 14.2. The molecule has 20 heavy (non-hydrogen) atoms. The van der Waals surface area contributed by atoms with E-state index in [1.54, 1.807) is 0 Å². The van der Waals surface area contributed by atoms with Crippen LogP contribution >= 0.6 is 38.5 Å². The maximum Gasteiger partial charge on any atom is 0.141 e. The Hall–Kier alpha value is -0.590. The summed E-state index contributed by atoms with van der Waals surface area (Å²) in [5.41, 5.74) is 1.25. The van der Waals surface area contributed by atoms with Crippen molar-refractivity contribution >= 4 is 38.5 Å². The van der Waals surface area contributed by atoms with Crippen molar-refractivity contribution in [2.75, 3.05) is 6.54 Å². The zero-order valence-corrected chi connectivity index (χ0v) is 15.1. The zero-order valence-electron chi connectivity index (χ0n) is 11.3. The molecule has 0 spiro atoms. The van der Waals surface area contributed by atoms with E-state index in [9.17, 15) is 0 Å². The molecule has 0 aliphatic heterocycles. The smallest absolute Gasteiger partial charge is 0.141 e. The van der Waals surface area contributed by atoms with E-state index in [1.165, 1.54) is 5.56 Å². The topological polar surface area (TPSA) is 21.3 Å². The number of benzene rings is 2. The SMILES string of the molecule is CCCNCc1ccc(Oc2cccc(I)c2)c(Br)c1. The van der Waals surface area contributed by atoms with Gasteiger partial charge in [-0.15, -0.1) is 0 Å². The van der Waals surface area contributed by atoms with E-state index in [0.29, 0.717) is 0 Å². The van der Waals surface area contributed by atoms with Crippen LogP contribution in [0.2, 0.25) is 0 Å². The molecule has 2 nitrogen and oxygen atoms in total. The van der Waals surface area contributed by atoms with E-state index in [-0.39, 0.29) is 0 Å². The lowest BCUT2D eigenvalue weighted by atomic mass is 10.2. The number of nitrogens with one attached hydrogen (secondary N) is 1. The van der Waals surface area contributed by atoms with E-state index >= 15 is 0 Å². The van der Waals surface area contributed by atoms with Crippen LogP contribution in [0.1, 0.15) is 18.9 Å². The molecule has 0 aliphatic carbocycles. The van der Waals surface area contributed by atoms with Gasteiger partial charge in [0.25, 0.3) is 0 Å². The Labute approximate surface area is 142 Å². The molecule has 0 aliphatic rings. The lowest BCUT2D eigenvalue weighted by Crippen LogP contribution is -2.13. The molecule has 0 fully saturated rings. The third-order valence-electron chi connectivity index (χ3n) is 2.78. The van der Waals surface area contributed by atoms with Crippen molar-refractivity contribution in [2.45, 2.75) is 19.9 Å². The average molecular weight is 446 g/mol. The van der Waals surface area contributed by atoms with Crippen molar-refractivity contribution in [1.29, 1.82) is 0 Å². The lowest BCUT2D eigenvalue weighted by molar-refractivity contribution is 0.479. The fourth-order valence-corrected chi connectivity index (χ4v) is 2.83. The van der Waals surface area contributed by atoms with Crippen LogP contribution in [-0.4, -0.2) is 6.54 Å². The van der Waals surface area contributed by atoms with Crippen LogP contribution in [0.15, 0.2) is 46.9 Å². The highest BCUT2D eigenvalue weighted by Crippen LogP contribution is 2.31. The van der Waals surface area contributed by atoms with E-state index in [1.807, 2.05) is 30.3 Å². The highest BCUT2D eigenvalue weighted by Gasteiger charge is 2.04. The summed E-state index contributed by atoms with van der Waals surface area (Å²) in [4.78, 5) is 0. The van der Waals surface area contributed by atoms with Crippen LogP contribution in [0, 0.1) is 3.57 Å². The van der Waals surface area contributed by atoms with E-state index < -0.39 is 0 Å². The van der Waals surface area contributed by atoms with Gasteiger partial charge in [-0.3, -0.25) is 0 Å². The molecular formula is C16H17BrINO. The van der Waals surface area contributed by atoms with Crippen LogP contribution in [0.5, 0.6) is 11.5 Å². The maximum absolute atomic E-state index is 5.90. The molecule has 0 saturated carbocycles. The highest BCUT2D eigenvalue weighted by atomic mass is 127. The van der Waals surface area contributed by atoms with Crippen molar-refractivity contribution in [2.24, 2.45) is 0 Å². The summed E-state index contributed by atoms with van der Waals surface area (Å²) < 4.78 is 8.04. The summed E-state index contributed by atoms with van der Waals surface area (Å²) in [6.07, 6.45) is 1.15. The largest absolute Gasteiger partial charge is 0.456 e. The Morgan fingerprint density at radius 1 is 1.20 bits per heavy atom. The second kappa shape index (κ2) is 8.00. The van der Waals surface area contributed by atoms with Gasteiger partial charge in [-0.05, 0) is 87.4 Å². The standard InChI is InChI=1S/C16H17BrINO/c1-2-8-19-11-12-6-7-16(15(17)9-12)20-14-5-3-4-13(18)10-14/h3-7,9-10,19H,2,8,11H2,1H3. The van der Waals surface area contributed by atoms with Crippen LogP contribution in [0.3, 0.4) is 0 Å². The molecule has 0 unspecified atom stereocenters. The van der Waals surface area contributed by atoms with Crippen LogP contribution in [-0.2, 0) is 6.54 Å². The average Bonchev–Trinajstić information content (AvgIpc) is 2.42. The molecular weight excluding hydrogens is 429 g/mol. The van der Waals surface area contributed by atoms with Gasteiger partial charge in [-0.25, -0.2) is 0 Å². The lowest BCUT2D eigenvalue weighted by Gasteiger charge is -2.10. The summed E-state index contributed by atoms with van der Waals surface area (Å²) in [7, 11) is 0. The van der Waals surface area contributed by atoms with E-state index in [4.69, 9.17) is 4.74 Å². The Bertz CT molecular complexity index is 574. The van der Waals surface area contributed by atoms with E-state index in [0.717, 1.165) is 39.1 Å². The van der Waals surface area contributed by atoms with Crippen molar-refractivity contribution in [3.05, 3.63) is 56.1 Å². The fraction of sp³-hybridized carbons (Fsp3) is 0.250. The monoisotopic (exact) mass is 445 g/mol. The summed E-state index contributed by atoms with van der Waals surface area (Å²) in [5.74, 6) is 1.70. The molecule has 2 rings (SSSR count). The van der Waals surface area contributed by atoms with Gasteiger partial charge in [0.05, 0.1) is 4.47 Å². The quantitative estimate of drug-likeness (QED) is 0.478. The first-order valence-electron chi connectivity index (χ1n) is 6.61. The minimum Gasteiger partial charge on any atom is -0.456 e. The maximum atomic E-state index is 5.90. The van der Waals surface area contributed by atoms with Gasteiger partial charge in [0, 0.05) is 10.1 Å². The molecule has 0 bridgehead atoms. The van der Waals surface area contributed by atoms with Crippen molar-refractivity contribution < 1.29 is 4.74 Å². The normalized spacial score (nSPS) is 10.6. The second-order valence-corrected chi connectivity index (χ2v) is 6.60. The summed E-state index contributed by atoms with van der Waals surface area (Å²) in [5, 5.41) is 3.39. The first kappa shape index (κ1) is 15.8. The summed E-state index contributed by atoms with van der Waals surface area (Å²) >= 11 is 5.86. The van der Waals surface area contributed by atoms with Crippen molar-refractivity contribution in [1.82, 2.24) is 5.32 Å². The predicted molar refractivity (Wildman–Crippen MR) is 95.4 cm³/mol. The Morgan fingerprint density at radius 3 is 2.75 bits per heavy atom. The predicted octanol–water partition coefficient (Wildman–Crippen LogP) is 5.35. The van der Waals surface area contributed by atoms with Gasteiger partial charge in [-0.2, -0.15) is 0 Å². The van der Waals surface area contributed by atoms with Gasteiger partial charge < -0.3 is 10.1 Å². The number of hydrogen-bond donors (Lipinski definition) is 1. The molecule has 4 heteroatoms. The van der Waals surface area contributed by atoms with Gasteiger partial charge >= 0.3 is 0 Å². The van der Waals surface area contributed by atoms with E-state index in [2.05, 4.69) is 62.9 Å². The first-order chi connectivity index (χ1) is 9.69. The number of rotatable bonds is 6. The number of halogens is 2. The second-order valence-electron chi connectivity index (χ2n) is 4.50. The number of ether oxygens (including phenoxy) is 1. The molecule has 2 aromatic carbocycles. The van der Waals surface area contributed by atoms with Gasteiger partial charge in [0.15, 0.2) is 0 Å². The van der Waals surface area contributed by atoms with Crippen LogP contribution in [0.4, 0.5) is 0 Å². The highest BCUT2D eigenvalue weighted by molar-refractivity contribution is 14.1. The third kappa shape index (κ3) is 4.75. The van der Waals surface area contributed by atoms with Gasteiger partial charge in [0.2, 0.25) is 0 Å². The molecule has 2 aromatic rings. The fourth-order valence-electron chi connectivity index (χ4n) is 1.80. The Balaban J connectivity index is 2.06. The molecule has 106 valence electrons. The first-order valence-corrected chi connectivity index (χ1v) is 8.49. The minimum atomic E-state index is 0.839. The zero-order chi connectivity index (χ0) is 14.4. The van der Waals surface area contributed by atoms with Crippen molar-refractivity contribution in [3.63, 3.8) is 0 Å². The molecule has 0 amide bonds. The Kier molecular flexibility index (Phi) is 6.32. The minimum absolute atomic E-state index is 0.839. The Morgan fingerprint density at radius 2 is 2.05 bits per heavy atom. The molecule has 0 atom stereocenters. The molecule has 0 aromatic heterocycles. The van der Waals surface area contributed by atoms with Crippen molar-refractivity contribution in [3.8, 4) is 11.5 Å². The summed E-state index contributed by atoms with van der Waals surface area (Å²) in [6.45, 7) is 4.09. The van der Waals surface area contributed by atoms with Gasteiger partial charge in [-0.1, -0.05) is 19.1 Å².